The zero-order valence-electron chi connectivity index (χ0n) is 12.1. The molecule has 1 aliphatic rings. The van der Waals surface area contributed by atoms with Crippen LogP contribution in [0.5, 0.6) is 0 Å². The largest absolute Gasteiger partial charge is 0.396 e. The van der Waals surface area contributed by atoms with Gasteiger partial charge in [0.15, 0.2) is 0 Å². The molecule has 1 aromatic carbocycles. The van der Waals surface area contributed by atoms with Gasteiger partial charge in [-0.1, -0.05) is 31.4 Å². The van der Waals surface area contributed by atoms with Gasteiger partial charge in [-0.05, 0) is 37.3 Å². The fourth-order valence-corrected chi connectivity index (χ4v) is 3.39. The Morgan fingerprint density at radius 3 is 2.75 bits per heavy atom. The minimum absolute atomic E-state index is 0.243. The summed E-state index contributed by atoms with van der Waals surface area (Å²) < 4.78 is 2.40. The highest BCUT2D eigenvalue weighted by molar-refractivity contribution is 5.75. The van der Waals surface area contributed by atoms with Crippen LogP contribution in [0.2, 0.25) is 0 Å². The lowest BCUT2D eigenvalue weighted by Gasteiger charge is -2.23. The molecule has 1 aromatic heterocycles. The molecule has 0 spiro atoms. The molecule has 1 N–H and O–H groups in total. The van der Waals surface area contributed by atoms with Crippen LogP contribution in [0.25, 0.3) is 11.0 Å². The van der Waals surface area contributed by atoms with Gasteiger partial charge in [0.25, 0.3) is 0 Å². The molecule has 3 heteroatoms. The summed E-state index contributed by atoms with van der Waals surface area (Å²) in [5, 5.41) is 9.08. The standard InChI is InChI=1S/C17H24N2O/c20-12-6-11-17-18-15-9-4-5-10-16(15)19(17)13-14-7-2-1-3-8-14/h4-5,9-10,14,20H,1-3,6-8,11-13H2. The Hall–Kier alpha value is -1.35. The number of rotatable bonds is 5. The summed E-state index contributed by atoms with van der Waals surface area (Å²) in [4.78, 5) is 4.77. The van der Waals surface area contributed by atoms with Crippen molar-refractivity contribution in [3.8, 4) is 0 Å². The van der Waals surface area contributed by atoms with E-state index in [2.05, 4.69) is 28.8 Å². The molecule has 108 valence electrons. The highest BCUT2D eigenvalue weighted by Gasteiger charge is 2.17. The molecule has 0 atom stereocenters. The summed E-state index contributed by atoms with van der Waals surface area (Å²) in [5.41, 5.74) is 2.35. The van der Waals surface area contributed by atoms with Crippen molar-refractivity contribution in [2.75, 3.05) is 6.61 Å². The molecule has 0 amide bonds. The minimum atomic E-state index is 0.243. The van der Waals surface area contributed by atoms with E-state index in [1.165, 1.54) is 37.6 Å². The first-order valence-corrected chi connectivity index (χ1v) is 7.93. The third-order valence-electron chi connectivity index (χ3n) is 4.46. The second-order valence-corrected chi connectivity index (χ2v) is 5.96. The van der Waals surface area contributed by atoms with Gasteiger partial charge in [-0.3, -0.25) is 0 Å². The number of hydrogen-bond acceptors (Lipinski definition) is 2. The fraction of sp³-hybridized carbons (Fsp3) is 0.588. The number of benzene rings is 1. The van der Waals surface area contributed by atoms with Crippen molar-refractivity contribution < 1.29 is 5.11 Å². The predicted octanol–water partition coefficient (Wildman–Crippen LogP) is 3.54. The normalized spacial score (nSPS) is 16.9. The van der Waals surface area contributed by atoms with E-state index in [-0.39, 0.29) is 6.61 Å². The second-order valence-electron chi connectivity index (χ2n) is 5.96. The number of para-hydroxylation sites is 2. The summed E-state index contributed by atoms with van der Waals surface area (Å²) in [6.07, 6.45) is 8.54. The highest BCUT2D eigenvalue weighted by atomic mass is 16.2. The first kappa shape index (κ1) is 13.6. The van der Waals surface area contributed by atoms with E-state index in [1.54, 1.807) is 0 Å². The zero-order chi connectivity index (χ0) is 13.8. The summed E-state index contributed by atoms with van der Waals surface area (Å²) in [5.74, 6) is 1.94. The molecule has 3 rings (SSSR count). The lowest BCUT2D eigenvalue weighted by atomic mass is 9.89. The molecule has 1 heterocycles. The van der Waals surface area contributed by atoms with Gasteiger partial charge < -0.3 is 9.67 Å². The molecule has 0 aliphatic heterocycles. The molecule has 0 radical (unpaired) electrons. The molecule has 0 saturated heterocycles. The number of aryl methyl sites for hydroxylation is 1. The van der Waals surface area contributed by atoms with Crippen LogP contribution in [-0.4, -0.2) is 21.3 Å². The third kappa shape index (κ3) is 2.88. The van der Waals surface area contributed by atoms with Crippen molar-refractivity contribution in [2.24, 2.45) is 5.92 Å². The van der Waals surface area contributed by atoms with E-state index < -0.39 is 0 Å². The molecule has 1 saturated carbocycles. The maximum absolute atomic E-state index is 9.08. The molecular weight excluding hydrogens is 248 g/mol. The van der Waals surface area contributed by atoms with Crippen molar-refractivity contribution in [1.29, 1.82) is 0 Å². The minimum Gasteiger partial charge on any atom is -0.396 e. The third-order valence-corrected chi connectivity index (χ3v) is 4.46. The van der Waals surface area contributed by atoms with Crippen LogP contribution in [-0.2, 0) is 13.0 Å². The first-order valence-electron chi connectivity index (χ1n) is 7.93. The Balaban J connectivity index is 1.88. The topological polar surface area (TPSA) is 38.1 Å². The zero-order valence-corrected chi connectivity index (χ0v) is 12.1. The van der Waals surface area contributed by atoms with Crippen LogP contribution in [0.4, 0.5) is 0 Å². The quantitative estimate of drug-likeness (QED) is 0.904. The predicted molar refractivity (Wildman–Crippen MR) is 81.7 cm³/mol. The van der Waals surface area contributed by atoms with E-state index in [0.717, 1.165) is 36.6 Å². The maximum Gasteiger partial charge on any atom is 0.109 e. The molecule has 1 aliphatic carbocycles. The van der Waals surface area contributed by atoms with Crippen molar-refractivity contribution in [3.05, 3.63) is 30.1 Å². The first-order chi connectivity index (χ1) is 9.88. The number of aliphatic hydroxyl groups excluding tert-OH is 1. The van der Waals surface area contributed by atoms with E-state index >= 15 is 0 Å². The van der Waals surface area contributed by atoms with Crippen molar-refractivity contribution >= 4 is 11.0 Å². The number of aliphatic hydroxyl groups is 1. The van der Waals surface area contributed by atoms with Crippen LogP contribution in [0, 0.1) is 5.92 Å². The van der Waals surface area contributed by atoms with Crippen molar-refractivity contribution in [1.82, 2.24) is 9.55 Å². The van der Waals surface area contributed by atoms with Crippen molar-refractivity contribution in [3.63, 3.8) is 0 Å². The van der Waals surface area contributed by atoms with Gasteiger partial charge in [0.2, 0.25) is 0 Å². The lowest BCUT2D eigenvalue weighted by Crippen LogP contribution is -2.16. The van der Waals surface area contributed by atoms with Crippen LogP contribution >= 0.6 is 0 Å². The van der Waals surface area contributed by atoms with Crippen LogP contribution in [0.1, 0.15) is 44.3 Å². The number of imidazole rings is 1. The van der Waals surface area contributed by atoms with E-state index in [9.17, 15) is 0 Å². The number of nitrogens with zero attached hydrogens (tertiary/aromatic N) is 2. The Morgan fingerprint density at radius 2 is 1.95 bits per heavy atom. The molecule has 0 unspecified atom stereocenters. The monoisotopic (exact) mass is 272 g/mol. The van der Waals surface area contributed by atoms with Crippen molar-refractivity contribution in [2.45, 2.75) is 51.5 Å². The highest BCUT2D eigenvalue weighted by Crippen LogP contribution is 2.27. The molecule has 2 aromatic rings. The summed E-state index contributed by atoms with van der Waals surface area (Å²) in [6.45, 7) is 1.34. The SMILES string of the molecule is OCCCc1nc2ccccc2n1CC1CCCCC1. The van der Waals surface area contributed by atoms with Gasteiger partial charge in [-0.2, -0.15) is 0 Å². The second kappa shape index (κ2) is 6.40. The number of aromatic nitrogens is 2. The lowest BCUT2D eigenvalue weighted by molar-refractivity contribution is 0.284. The maximum atomic E-state index is 9.08. The average Bonchev–Trinajstić information content (AvgIpc) is 2.84. The molecule has 1 fully saturated rings. The Labute approximate surface area is 120 Å². The van der Waals surface area contributed by atoms with E-state index in [0.29, 0.717) is 0 Å². The van der Waals surface area contributed by atoms with Gasteiger partial charge in [0, 0.05) is 19.6 Å². The van der Waals surface area contributed by atoms with Gasteiger partial charge in [-0.25, -0.2) is 4.98 Å². The average molecular weight is 272 g/mol. The molecule has 3 nitrogen and oxygen atoms in total. The van der Waals surface area contributed by atoms with Crippen LogP contribution in [0.15, 0.2) is 24.3 Å². The Kier molecular flexibility index (Phi) is 4.36. The summed E-state index contributed by atoms with van der Waals surface area (Å²) in [6, 6.07) is 8.41. The Morgan fingerprint density at radius 1 is 1.15 bits per heavy atom. The Bertz CT molecular complexity index is 555. The van der Waals surface area contributed by atoms with Gasteiger partial charge in [-0.15, -0.1) is 0 Å². The fourth-order valence-electron chi connectivity index (χ4n) is 3.39. The van der Waals surface area contributed by atoms with E-state index in [1.807, 2.05) is 0 Å². The van der Waals surface area contributed by atoms with Gasteiger partial charge >= 0.3 is 0 Å². The molecular formula is C17H24N2O. The van der Waals surface area contributed by atoms with E-state index in [4.69, 9.17) is 10.1 Å². The van der Waals surface area contributed by atoms with Crippen LogP contribution < -0.4 is 0 Å². The number of fused-ring (bicyclic) bond motifs is 1. The molecule has 0 bridgehead atoms. The summed E-state index contributed by atoms with van der Waals surface area (Å²) >= 11 is 0. The smallest absolute Gasteiger partial charge is 0.109 e. The number of hydrogen-bond donors (Lipinski definition) is 1. The van der Waals surface area contributed by atoms with Gasteiger partial charge in [0.05, 0.1) is 11.0 Å². The van der Waals surface area contributed by atoms with Gasteiger partial charge in [0.1, 0.15) is 5.82 Å². The molecule has 20 heavy (non-hydrogen) atoms. The summed E-state index contributed by atoms with van der Waals surface area (Å²) in [7, 11) is 0. The van der Waals surface area contributed by atoms with Crippen LogP contribution in [0.3, 0.4) is 0 Å².